The number of rotatable bonds is 2. The lowest BCUT2D eigenvalue weighted by atomic mass is 10.2. The van der Waals surface area contributed by atoms with Gasteiger partial charge in [-0.05, 0) is 19.1 Å². The van der Waals surface area contributed by atoms with Gasteiger partial charge in [0.15, 0.2) is 0 Å². The molecule has 4 heteroatoms. The first-order chi connectivity index (χ1) is 7.20. The van der Waals surface area contributed by atoms with Gasteiger partial charge in [-0.1, -0.05) is 17.7 Å². The molecule has 0 saturated carbocycles. The highest BCUT2D eigenvalue weighted by molar-refractivity contribution is 5.89. The van der Waals surface area contributed by atoms with Crippen molar-refractivity contribution in [3.8, 4) is 0 Å². The van der Waals surface area contributed by atoms with E-state index < -0.39 is 0 Å². The van der Waals surface area contributed by atoms with E-state index in [-0.39, 0.29) is 12.2 Å². The zero-order valence-electron chi connectivity index (χ0n) is 8.64. The summed E-state index contributed by atoms with van der Waals surface area (Å²) in [4.78, 5) is 13.1. The topological polar surface area (TPSA) is 55.6 Å². The predicted molar refractivity (Wildman–Crippen MR) is 57.8 cm³/mol. The third-order valence-corrected chi connectivity index (χ3v) is 2.48. The Labute approximate surface area is 88.6 Å². The van der Waals surface area contributed by atoms with Gasteiger partial charge in [-0.2, -0.15) is 0 Å². The van der Waals surface area contributed by atoms with Crippen LogP contribution in [0, 0.1) is 6.92 Å². The molecule has 80 valence electrons. The first kappa shape index (κ1) is 9.98. The smallest absolute Gasteiger partial charge is 0.414 e. The molecule has 1 amide bonds. The number of nitrogens with two attached hydrogens (primary N) is 1. The van der Waals surface area contributed by atoms with Gasteiger partial charge in [0.05, 0.1) is 6.54 Å². The molecule has 1 fully saturated rings. The quantitative estimate of drug-likeness (QED) is 0.793. The minimum absolute atomic E-state index is 0.182. The second kappa shape index (κ2) is 3.90. The Morgan fingerprint density at radius 2 is 2.13 bits per heavy atom. The van der Waals surface area contributed by atoms with E-state index >= 15 is 0 Å². The van der Waals surface area contributed by atoms with Crippen molar-refractivity contribution in [3.05, 3.63) is 29.8 Å². The number of nitrogens with zero attached hydrogens (tertiary/aromatic N) is 1. The van der Waals surface area contributed by atoms with Gasteiger partial charge in [-0.25, -0.2) is 4.79 Å². The minimum atomic E-state index is -0.311. The van der Waals surface area contributed by atoms with E-state index in [4.69, 9.17) is 10.5 Å². The summed E-state index contributed by atoms with van der Waals surface area (Å²) in [5.41, 5.74) is 7.49. The van der Waals surface area contributed by atoms with Gasteiger partial charge in [0.25, 0.3) is 0 Å². The molecule has 1 atom stereocenters. The van der Waals surface area contributed by atoms with E-state index in [0.29, 0.717) is 13.1 Å². The van der Waals surface area contributed by atoms with Crippen molar-refractivity contribution in [1.29, 1.82) is 0 Å². The first-order valence-electron chi connectivity index (χ1n) is 4.95. The Morgan fingerprint density at radius 1 is 1.47 bits per heavy atom. The van der Waals surface area contributed by atoms with Crippen molar-refractivity contribution in [2.45, 2.75) is 13.0 Å². The Bertz CT molecular complexity index is 361. The number of amides is 1. The van der Waals surface area contributed by atoms with Crippen LogP contribution in [0.3, 0.4) is 0 Å². The van der Waals surface area contributed by atoms with Gasteiger partial charge in [0.2, 0.25) is 0 Å². The number of benzene rings is 1. The second-order valence-corrected chi connectivity index (χ2v) is 3.69. The molecule has 0 radical (unpaired) electrons. The molecule has 1 aliphatic rings. The number of anilines is 1. The maximum Gasteiger partial charge on any atom is 0.414 e. The van der Waals surface area contributed by atoms with Gasteiger partial charge < -0.3 is 10.5 Å². The van der Waals surface area contributed by atoms with Gasteiger partial charge in [-0.3, -0.25) is 4.90 Å². The van der Waals surface area contributed by atoms with E-state index in [9.17, 15) is 4.79 Å². The molecule has 1 aliphatic heterocycles. The molecule has 2 N–H and O–H groups in total. The number of hydrogen-bond donors (Lipinski definition) is 1. The van der Waals surface area contributed by atoms with Gasteiger partial charge in [0, 0.05) is 12.2 Å². The standard InChI is InChI=1S/C11H14N2O2/c1-8-2-4-9(5-3-8)13-7-10(6-12)15-11(13)14/h2-5,10H,6-7,12H2,1H3. The van der Waals surface area contributed by atoms with E-state index in [1.165, 1.54) is 5.56 Å². The van der Waals surface area contributed by atoms with Crippen molar-refractivity contribution in [2.24, 2.45) is 5.73 Å². The molecule has 1 heterocycles. The van der Waals surface area contributed by atoms with Gasteiger partial charge in [-0.15, -0.1) is 0 Å². The van der Waals surface area contributed by atoms with Crippen molar-refractivity contribution in [2.75, 3.05) is 18.0 Å². The van der Waals surface area contributed by atoms with Gasteiger partial charge >= 0.3 is 6.09 Å². The Kier molecular flexibility index (Phi) is 2.60. The van der Waals surface area contributed by atoms with Crippen LogP contribution in [0.1, 0.15) is 5.56 Å². The normalized spacial score (nSPS) is 20.5. The number of aryl methyl sites for hydroxylation is 1. The molecule has 4 nitrogen and oxygen atoms in total. The fourth-order valence-corrected chi connectivity index (χ4v) is 1.58. The SMILES string of the molecule is Cc1ccc(N2CC(CN)OC2=O)cc1. The molecule has 0 aromatic heterocycles. The summed E-state index contributed by atoms with van der Waals surface area (Å²) in [6, 6.07) is 7.77. The van der Waals surface area contributed by atoms with Crippen molar-refractivity contribution < 1.29 is 9.53 Å². The molecule has 0 spiro atoms. The van der Waals surface area contributed by atoms with E-state index in [0.717, 1.165) is 5.69 Å². The summed E-state index contributed by atoms with van der Waals surface area (Å²) in [7, 11) is 0. The molecule has 1 aromatic carbocycles. The molecular formula is C11H14N2O2. The molecule has 0 bridgehead atoms. The summed E-state index contributed by atoms with van der Waals surface area (Å²) in [5.74, 6) is 0. The maximum atomic E-state index is 11.5. The lowest BCUT2D eigenvalue weighted by Crippen LogP contribution is -2.27. The van der Waals surface area contributed by atoms with Crippen LogP contribution in [0.25, 0.3) is 0 Å². The fourth-order valence-electron chi connectivity index (χ4n) is 1.58. The first-order valence-corrected chi connectivity index (χ1v) is 4.95. The molecule has 1 saturated heterocycles. The number of carbonyl (C=O) groups excluding carboxylic acids is 1. The largest absolute Gasteiger partial charge is 0.443 e. The summed E-state index contributed by atoms with van der Waals surface area (Å²) in [6.07, 6.45) is -0.492. The number of cyclic esters (lactones) is 1. The molecule has 2 rings (SSSR count). The second-order valence-electron chi connectivity index (χ2n) is 3.69. The Balaban J connectivity index is 2.18. The molecule has 0 aliphatic carbocycles. The highest BCUT2D eigenvalue weighted by atomic mass is 16.6. The molecule has 15 heavy (non-hydrogen) atoms. The third-order valence-electron chi connectivity index (χ3n) is 2.48. The Morgan fingerprint density at radius 3 is 2.67 bits per heavy atom. The van der Waals surface area contributed by atoms with Crippen LogP contribution in [-0.4, -0.2) is 25.3 Å². The number of ether oxygens (including phenoxy) is 1. The lowest BCUT2D eigenvalue weighted by molar-refractivity contribution is 0.145. The molecular weight excluding hydrogens is 192 g/mol. The maximum absolute atomic E-state index is 11.5. The highest BCUT2D eigenvalue weighted by Gasteiger charge is 2.31. The zero-order chi connectivity index (χ0) is 10.8. The summed E-state index contributed by atoms with van der Waals surface area (Å²) in [5, 5.41) is 0. The van der Waals surface area contributed by atoms with Crippen LogP contribution in [0.2, 0.25) is 0 Å². The summed E-state index contributed by atoms with van der Waals surface area (Å²) in [6.45, 7) is 2.92. The zero-order valence-corrected chi connectivity index (χ0v) is 8.64. The minimum Gasteiger partial charge on any atom is -0.443 e. The highest BCUT2D eigenvalue weighted by Crippen LogP contribution is 2.21. The van der Waals surface area contributed by atoms with Crippen molar-refractivity contribution >= 4 is 11.8 Å². The lowest BCUT2D eigenvalue weighted by Gasteiger charge is -2.12. The van der Waals surface area contributed by atoms with Crippen LogP contribution in [0.5, 0.6) is 0 Å². The summed E-state index contributed by atoms with van der Waals surface area (Å²) >= 11 is 0. The summed E-state index contributed by atoms with van der Waals surface area (Å²) < 4.78 is 5.07. The molecule has 1 unspecified atom stereocenters. The van der Waals surface area contributed by atoms with Crippen molar-refractivity contribution in [1.82, 2.24) is 0 Å². The monoisotopic (exact) mass is 206 g/mol. The average Bonchev–Trinajstić information content (AvgIpc) is 2.61. The fraction of sp³-hybridized carbons (Fsp3) is 0.364. The van der Waals surface area contributed by atoms with Gasteiger partial charge in [0.1, 0.15) is 6.10 Å². The van der Waals surface area contributed by atoms with E-state index in [2.05, 4.69) is 0 Å². The third kappa shape index (κ3) is 1.94. The average molecular weight is 206 g/mol. The van der Waals surface area contributed by atoms with Crippen LogP contribution < -0.4 is 10.6 Å². The number of hydrogen-bond acceptors (Lipinski definition) is 3. The van der Waals surface area contributed by atoms with Crippen LogP contribution in [-0.2, 0) is 4.74 Å². The van der Waals surface area contributed by atoms with Crippen LogP contribution >= 0.6 is 0 Å². The van der Waals surface area contributed by atoms with Crippen LogP contribution in [0.15, 0.2) is 24.3 Å². The predicted octanol–water partition coefficient (Wildman–Crippen LogP) is 1.28. The van der Waals surface area contributed by atoms with Crippen LogP contribution in [0.4, 0.5) is 10.5 Å². The Hall–Kier alpha value is -1.55. The van der Waals surface area contributed by atoms with E-state index in [1.54, 1.807) is 4.90 Å². The van der Waals surface area contributed by atoms with Crippen molar-refractivity contribution in [3.63, 3.8) is 0 Å². The van der Waals surface area contributed by atoms with E-state index in [1.807, 2.05) is 31.2 Å². The number of carbonyl (C=O) groups is 1. The molecule has 1 aromatic rings.